The Balaban J connectivity index is 0. The van der Waals surface area contributed by atoms with Gasteiger partial charge in [0.25, 0.3) is 0 Å². The van der Waals surface area contributed by atoms with Crippen molar-refractivity contribution < 1.29 is 1.43 Å². The summed E-state index contributed by atoms with van der Waals surface area (Å²) in [5, 5.41) is 3.45. The van der Waals surface area contributed by atoms with Crippen LogP contribution in [0.25, 0.3) is 0 Å². The second kappa shape index (κ2) is 9.01. The second-order valence-corrected chi connectivity index (χ2v) is 3.61. The van der Waals surface area contributed by atoms with Crippen LogP contribution in [0.5, 0.6) is 0 Å². The first-order chi connectivity index (χ1) is 5.77. The quantitative estimate of drug-likeness (QED) is 0.566. The molecule has 0 radical (unpaired) electrons. The van der Waals surface area contributed by atoms with Crippen LogP contribution in [0.1, 0.15) is 34.0 Å². The van der Waals surface area contributed by atoms with Crippen molar-refractivity contribution in [2.45, 2.75) is 32.6 Å². The highest BCUT2D eigenvalue weighted by molar-refractivity contribution is 4.50. The molecule has 0 aromatic carbocycles. The molecule has 0 saturated heterocycles. The molecule has 0 spiro atoms. The van der Waals surface area contributed by atoms with E-state index in [1.807, 2.05) is 0 Å². The molecule has 2 heteroatoms. The SMILES string of the molecule is CCCCCNCCCN(C)C.[HH]. The molecule has 0 saturated carbocycles. The Morgan fingerprint density at radius 2 is 1.75 bits per heavy atom. The number of rotatable bonds is 8. The van der Waals surface area contributed by atoms with Gasteiger partial charge in [-0.2, -0.15) is 0 Å². The Bertz CT molecular complexity index is 87.0. The minimum Gasteiger partial charge on any atom is -0.317 e. The molecular formula is C10H26N2. The summed E-state index contributed by atoms with van der Waals surface area (Å²) in [5.74, 6) is 0. The summed E-state index contributed by atoms with van der Waals surface area (Å²) < 4.78 is 0. The van der Waals surface area contributed by atoms with Crippen LogP contribution in [0, 0.1) is 0 Å². The third kappa shape index (κ3) is 9.92. The minimum absolute atomic E-state index is 0. The fourth-order valence-corrected chi connectivity index (χ4v) is 1.15. The van der Waals surface area contributed by atoms with Gasteiger partial charge in [0.05, 0.1) is 0 Å². The first-order valence-corrected chi connectivity index (χ1v) is 5.12. The number of nitrogens with zero attached hydrogens (tertiary/aromatic N) is 1. The van der Waals surface area contributed by atoms with Crippen molar-refractivity contribution in [2.75, 3.05) is 33.7 Å². The molecule has 0 aromatic rings. The van der Waals surface area contributed by atoms with Crippen molar-refractivity contribution in [3.05, 3.63) is 0 Å². The van der Waals surface area contributed by atoms with Crippen molar-refractivity contribution >= 4 is 0 Å². The average Bonchev–Trinajstić information content (AvgIpc) is 2.02. The van der Waals surface area contributed by atoms with Crippen LogP contribution < -0.4 is 5.32 Å². The third-order valence-electron chi connectivity index (χ3n) is 1.92. The van der Waals surface area contributed by atoms with Crippen LogP contribution in [0.15, 0.2) is 0 Å². The van der Waals surface area contributed by atoms with Gasteiger partial charge in [-0.05, 0) is 46.6 Å². The highest BCUT2D eigenvalue weighted by Crippen LogP contribution is 1.91. The van der Waals surface area contributed by atoms with Crippen LogP contribution in [0.4, 0.5) is 0 Å². The summed E-state index contributed by atoms with van der Waals surface area (Å²) in [4.78, 5) is 2.23. The van der Waals surface area contributed by atoms with Gasteiger partial charge in [-0.1, -0.05) is 19.8 Å². The summed E-state index contributed by atoms with van der Waals surface area (Å²) in [6.45, 7) is 5.80. The van der Waals surface area contributed by atoms with Gasteiger partial charge in [0.15, 0.2) is 0 Å². The topological polar surface area (TPSA) is 15.3 Å². The summed E-state index contributed by atoms with van der Waals surface area (Å²) in [5.41, 5.74) is 0. The molecule has 0 aliphatic carbocycles. The maximum atomic E-state index is 3.45. The van der Waals surface area contributed by atoms with Gasteiger partial charge in [0.1, 0.15) is 0 Å². The van der Waals surface area contributed by atoms with Crippen molar-refractivity contribution in [3.8, 4) is 0 Å². The number of unbranched alkanes of at least 4 members (excludes halogenated alkanes) is 2. The Morgan fingerprint density at radius 1 is 1.08 bits per heavy atom. The Morgan fingerprint density at radius 3 is 2.33 bits per heavy atom. The molecule has 0 aliphatic heterocycles. The summed E-state index contributed by atoms with van der Waals surface area (Å²) in [6, 6.07) is 0. The lowest BCUT2D eigenvalue weighted by atomic mass is 10.2. The number of nitrogens with one attached hydrogen (secondary N) is 1. The molecule has 0 atom stereocenters. The van der Waals surface area contributed by atoms with E-state index in [-0.39, 0.29) is 1.43 Å². The molecule has 1 N–H and O–H groups in total. The van der Waals surface area contributed by atoms with Gasteiger partial charge in [0, 0.05) is 1.43 Å². The predicted molar refractivity (Wildman–Crippen MR) is 57.7 cm³/mol. The van der Waals surface area contributed by atoms with Crippen LogP contribution in [0.2, 0.25) is 0 Å². The van der Waals surface area contributed by atoms with Crippen molar-refractivity contribution in [1.82, 2.24) is 10.2 Å². The molecule has 76 valence electrons. The van der Waals surface area contributed by atoms with Gasteiger partial charge in [0.2, 0.25) is 0 Å². The molecule has 0 rings (SSSR count). The monoisotopic (exact) mass is 174 g/mol. The average molecular weight is 174 g/mol. The first-order valence-electron chi connectivity index (χ1n) is 5.12. The number of hydrogen-bond acceptors (Lipinski definition) is 2. The van der Waals surface area contributed by atoms with Crippen molar-refractivity contribution in [2.24, 2.45) is 0 Å². The lowest BCUT2D eigenvalue weighted by Crippen LogP contribution is -2.21. The first kappa shape index (κ1) is 11.9. The third-order valence-corrected chi connectivity index (χ3v) is 1.92. The molecule has 2 nitrogen and oxygen atoms in total. The molecular weight excluding hydrogens is 148 g/mol. The second-order valence-electron chi connectivity index (χ2n) is 3.61. The Kier molecular flexibility index (Phi) is 8.95. The minimum atomic E-state index is 0. The maximum Gasteiger partial charge on any atom is 0 e. The highest BCUT2D eigenvalue weighted by atomic mass is 15.0. The molecule has 0 bridgehead atoms. The summed E-state index contributed by atoms with van der Waals surface area (Å²) >= 11 is 0. The molecule has 0 aliphatic rings. The van der Waals surface area contributed by atoms with E-state index in [0.717, 1.165) is 0 Å². The van der Waals surface area contributed by atoms with Crippen molar-refractivity contribution in [1.29, 1.82) is 0 Å². The van der Waals surface area contributed by atoms with Crippen molar-refractivity contribution in [3.63, 3.8) is 0 Å². The predicted octanol–water partition coefficient (Wildman–Crippen LogP) is 1.96. The van der Waals surface area contributed by atoms with E-state index in [1.165, 1.54) is 45.3 Å². The van der Waals surface area contributed by atoms with Crippen LogP contribution >= 0.6 is 0 Å². The molecule has 0 amide bonds. The van der Waals surface area contributed by atoms with Gasteiger partial charge in [-0.25, -0.2) is 0 Å². The van der Waals surface area contributed by atoms with E-state index in [1.54, 1.807) is 0 Å². The van der Waals surface area contributed by atoms with Gasteiger partial charge < -0.3 is 10.2 Å². The zero-order valence-electron chi connectivity index (χ0n) is 8.90. The van der Waals surface area contributed by atoms with E-state index < -0.39 is 0 Å². The van der Waals surface area contributed by atoms with Gasteiger partial charge >= 0.3 is 0 Å². The molecule has 0 unspecified atom stereocenters. The lowest BCUT2D eigenvalue weighted by Gasteiger charge is -2.09. The molecule has 12 heavy (non-hydrogen) atoms. The standard InChI is InChI=1S/C10H24N2.H2/c1-4-5-6-8-11-9-7-10-12(2)3;/h11H,4-10H2,1-3H3;1H. The largest absolute Gasteiger partial charge is 0.317 e. The Hall–Kier alpha value is -0.0800. The van der Waals surface area contributed by atoms with Crippen LogP contribution in [-0.4, -0.2) is 38.6 Å². The fourth-order valence-electron chi connectivity index (χ4n) is 1.15. The summed E-state index contributed by atoms with van der Waals surface area (Å²) in [7, 11) is 4.24. The molecule has 0 fully saturated rings. The zero-order valence-corrected chi connectivity index (χ0v) is 8.90. The van der Waals surface area contributed by atoms with E-state index in [4.69, 9.17) is 0 Å². The lowest BCUT2D eigenvalue weighted by molar-refractivity contribution is 0.394. The van der Waals surface area contributed by atoms with Gasteiger partial charge in [-0.3, -0.25) is 0 Å². The van der Waals surface area contributed by atoms with E-state index in [9.17, 15) is 0 Å². The summed E-state index contributed by atoms with van der Waals surface area (Å²) in [6.07, 6.45) is 5.28. The smallest absolute Gasteiger partial charge is 0 e. The van der Waals surface area contributed by atoms with E-state index in [2.05, 4.69) is 31.2 Å². The number of hydrogen-bond donors (Lipinski definition) is 1. The van der Waals surface area contributed by atoms with Gasteiger partial charge in [-0.15, -0.1) is 0 Å². The molecule has 0 aromatic heterocycles. The fraction of sp³-hybridized carbons (Fsp3) is 1.00. The maximum absolute atomic E-state index is 3.45. The Labute approximate surface area is 78.8 Å². The highest BCUT2D eigenvalue weighted by Gasteiger charge is 1.90. The normalized spacial score (nSPS) is 11.0. The molecule has 0 heterocycles. The zero-order chi connectivity index (χ0) is 9.23. The van der Waals surface area contributed by atoms with E-state index >= 15 is 0 Å². The van der Waals surface area contributed by atoms with E-state index in [0.29, 0.717) is 0 Å². The van der Waals surface area contributed by atoms with Crippen LogP contribution in [-0.2, 0) is 0 Å². The van der Waals surface area contributed by atoms with Crippen LogP contribution in [0.3, 0.4) is 0 Å².